The maximum absolute atomic E-state index is 12.4. The molecule has 0 aromatic carbocycles. The Kier molecular flexibility index (Phi) is 4.70. The van der Waals surface area contributed by atoms with Gasteiger partial charge < -0.3 is 14.5 Å². The van der Waals surface area contributed by atoms with Gasteiger partial charge in [-0.05, 0) is 32.9 Å². The Morgan fingerprint density at radius 2 is 2.19 bits per heavy atom. The minimum atomic E-state index is -0.596. The fourth-order valence-corrected chi connectivity index (χ4v) is 1.98. The predicted octanol–water partition coefficient (Wildman–Crippen LogP) is 1.97. The SMILES string of the molecule is CC(O)CN(C(=O)c1cc(-c2cccnc2)on1)C(C)C. The van der Waals surface area contributed by atoms with E-state index in [0.29, 0.717) is 5.76 Å². The molecule has 0 spiro atoms. The molecule has 6 heteroatoms. The van der Waals surface area contributed by atoms with Crippen LogP contribution in [-0.4, -0.2) is 44.7 Å². The van der Waals surface area contributed by atoms with Gasteiger partial charge in [-0.1, -0.05) is 5.16 Å². The number of hydrogen-bond donors (Lipinski definition) is 1. The lowest BCUT2D eigenvalue weighted by atomic mass is 10.2. The molecule has 2 rings (SSSR count). The Labute approximate surface area is 123 Å². The van der Waals surface area contributed by atoms with Gasteiger partial charge in [-0.3, -0.25) is 9.78 Å². The molecule has 1 amide bonds. The van der Waals surface area contributed by atoms with Crippen molar-refractivity contribution in [3.63, 3.8) is 0 Å². The molecule has 0 aliphatic carbocycles. The van der Waals surface area contributed by atoms with Crippen molar-refractivity contribution in [2.45, 2.75) is 32.9 Å². The molecule has 6 nitrogen and oxygen atoms in total. The van der Waals surface area contributed by atoms with E-state index < -0.39 is 6.10 Å². The second kappa shape index (κ2) is 6.49. The summed E-state index contributed by atoms with van der Waals surface area (Å²) in [5.41, 5.74) is 0.985. The number of hydrogen-bond acceptors (Lipinski definition) is 5. The van der Waals surface area contributed by atoms with Crippen molar-refractivity contribution < 1.29 is 14.4 Å². The molecular formula is C15H19N3O3. The number of amides is 1. The van der Waals surface area contributed by atoms with Crippen LogP contribution in [0.2, 0.25) is 0 Å². The van der Waals surface area contributed by atoms with E-state index >= 15 is 0 Å². The van der Waals surface area contributed by atoms with E-state index in [0.717, 1.165) is 5.56 Å². The molecule has 1 unspecified atom stereocenters. The summed E-state index contributed by atoms with van der Waals surface area (Å²) in [4.78, 5) is 18.0. The molecule has 112 valence electrons. The van der Waals surface area contributed by atoms with Crippen LogP contribution in [0.1, 0.15) is 31.3 Å². The molecule has 1 atom stereocenters. The highest BCUT2D eigenvalue weighted by molar-refractivity contribution is 5.93. The van der Waals surface area contributed by atoms with Crippen LogP contribution in [0.25, 0.3) is 11.3 Å². The highest BCUT2D eigenvalue weighted by atomic mass is 16.5. The van der Waals surface area contributed by atoms with Gasteiger partial charge in [0.25, 0.3) is 5.91 Å². The van der Waals surface area contributed by atoms with Crippen LogP contribution in [0.4, 0.5) is 0 Å². The van der Waals surface area contributed by atoms with Crippen molar-refractivity contribution in [1.29, 1.82) is 0 Å². The predicted molar refractivity (Wildman–Crippen MR) is 77.6 cm³/mol. The number of nitrogens with zero attached hydrogens (tertiary/aromatic N) is 3. The third-order valence-electron chi connectivity index (χ3n) is 3.02. The average Bonchev–Trinajstić information content (AvgIpc) is 2.94. The normalized spacial score (nSPS) is 12.4. The van der Waals surface area contributed by atoms with Crippen molar-refractivity contribution in [2.75, 3.05) is 6.54 Å². The largest absolute Gasteiger partial charge is 0.392 e. The van der Waals surface area contributed by atoms with Crippen LogP contribution < -0.4 is 0 Å². The molecule has 0 saturated carbocycles. The molecule has 21 heavy (non-hydrogen) atoms. The van der Waals surface area contributed by atoms with Crippen LogP contribution in [0.5, 0.6) is 0 Å². The number of rotatable bonds is 5. The van der Waals surface area contributed by atoms with Gasteiger partial charge in [0.1, 0.15) is 0 Å². The van der Waals surface area contributed by atoms with Crippen LogP contribution in [0.15, 0.2) is 35.1 Å². The Morgan fingerprint density at radius 3 is 2.76 bits per heavy atom. The number of carbonyl (C=O) groups is 1. The Hall–Kier alpha value is -2.21. The third-order valence-corrected chi connectivity index (χ3v) is 3.02. The van der Waals surface area contributed by atoms with Gasteiger partial charge >= 0.3 is 0 Å². The van der Waals surface area contributed by atoms with E-state index in [1.807, 2.05) is 19.9 Å². The van der Waals surface area contributed by atoms with E-state index in [1.165, 1.54) is 0 Å². The van der Waals surface area contributed by atoms with Crippen molar-refractivity contribution in [2.24, 2.45) is 0 Å². The van der Waals surface area contributed by atoms with Gasteiger partial charge in [0.05, 0.1) is 6.10 Å². The quantitative estimate of drug-likeness (QED) is 0.910. The first-order valence-corrected chi connectivity index (χ1v) is 6.85. The van der Waals surface area contributed by atoms with Crippen LogP contribution in [0, 0.1) is 0 Å². The second-order valence-corrected chi connectivity index (χ2v) is 5.22. The van der Waals surface area contributed by atoms with Gasteiger partial charge in [-0.15, -0.1) is 0 Å². The third kappa shape index (κ3) is 3.66. The molecule has 0 aliphatic rings. The monoisotopic (exact) mass is 289 g/mol. The van der Waals surface area contributed by atoms with E-state index in [2.05, 4.69) is 10.1 Å². The Balaban J connectivity index is 2.22. The summed E-state index contributed by atoms with van der Waals surface area (Å²) in [7, 11) is 0. The first kappa shape index (κ1) is 15.2. The van der Waals surface area contributed by atoms with Gasteiger partial charge in [-0.25, -0.2) is 0 Å². The van der Waals surface area contributed by atoms with Crippen LogP contribution >= 0.6 is 0 Å². The number of aliphatic hydroxyl groups is 1. The molecule has 0 fully saturated rings. The lowest BCUT2D eigenvalue weighted by molar-refractivity contribution is 0.0569. The van der Waals surface area contributed by atoms with Crippen LogP contribution in [0.3, 0.4) is 0 Å². The zero-order valence-electron chi connectivity index (χ0n) is 12.4. The van der Waals surface area contributed by atoms with Crippen molar-refractivity contribution >= 4 is 5.91 Å². The molecule has 1 N–H and O–H groups in total. The van der Waals surface area contributed by atoms with Gasteiger partial charge in [-0.2, -0.15) is 0 Å². The highest BCUT2D eigenvalue weighted by Gasteiger charge is 2.23. The zero-order chi connectivity index (χ0) is 15.4. The van der Waals surface area contributed by atoms with E-state index in [9.17, 15) is 9.90 Å². The summed E-state index contributed by atoms with van der Waals surface area (Å²) in [5, 5.41) is 13.3. The van der Waals surface area contributed by atoms with E-state index in [4.69, 9.17) is 4.52 Å². The summed E-state index contributed by atoms with van der Waals surface area (Å²) >= 11 is 0. The summed E-state index contributed by atoms with van der Waals surface area (Å²) in [6.45, 7) is 5.68. The van der Waals surface area contributed by atoms with Crippen molar-refractivity contribution in [3.8, 4) is 11.3 Å². The number of pyridine rings is 1. The van der Waals surface area contributed by atoms with Crippen molar-refractivity contribution in [1.82, 2.24) is 15.0 Å². The van der Waals surface area contributed by atoms with Gasteiger partial charge in [0, 0.05) is 36.6 Å². The first-order valence-electron chi connectivity index (χ1n) is 6.85. The lowest BCUT2D eigenvalue weighted by Gasteiger charge is -2.26. The zero-order valence-corrected chi connectivity index (χ0v) is 12.4. The van der Waals surface area contributed by atoms with Gasteiger partial charge in [0.15, 0.2) is 11.5 Å². The fraction of sp³-hybridized carbons (Fsp3) is 0.400. The number of carbonyl (C=O) groups excluding carboxylic acids is 1. The minimum Gasteiger partial charge on any atom is -0.392 e. The molecular weight excluding hydrogens is 270 g/mol. The number of aliphatic hydroxyl groups excluding tert-OH is 1. The average molecular weight is 289 g/mol. The molecule has 0 bridgehead atoms. The molecule has 2 aromatic heterocycles. The number of aromatic nitrogens is 2. The smallest absolute Gasteiger partial charge is 0.276 e. The lowest BCUT2D eigenvalue weighted by Crippen LogP contribution is -2.41. The first-order chi connectivity index (χ1) is 9.99. The van der Waals surface area contributed by atoms with E-state index in [-0.39, 0.29) is 24.2 Å². The maximum atomic E-state index is 12.4. The summed E-state index contributed by atoms with van der Waals surface area (Å²) in [6.07, 6.45) is 2.71. The van der Waals surface area contributed by atoms with Gasteiger partial charge in [0.2, 0.25) is 0 Å². The Bertz CT molecular complexity index is 593. The minimum absolute atomic E-state index is 0.0364. The topological polar surface area (TPSA) is 79.5 Å². The second-order valence-electron chi connectivity index (χ2n) is 5.22. The van der Waals surface area contributed by atoms with Crippen LogP contribution in [-0.2, 0) is 0 Å². The molecule has 2 aromatic rings. The summed E-state index contributed by atoms with van der Waals surface area (Å²) < 4.78 is 5.21. The standard InChI is InChI=1S/C15H19N3O3/c1-10(2)18(9-11(3)19)15(20)13-7-14(21-17-13)12-5-4-6-16-8-12/h4-8,10-11,19H,9H2,1-3H3. The fourth-order valence-electron chi connectivity index (χ4n) is 1.98. The maximum Gasteiger partial charge on any atom is 0.276 e. The highest BCUT2D eigenvalue weighted by Crippen LogP contribution is 2.20. The summed E-state index contributed by atoms with van der Waals surface area (Å²) in [6, 6.07) is 5.17. The summed E-state index contributed by atoms with van der Waals surface area (Å²) in [5.74, 6) is 0.233. The molecule has 0 radical (unpaired) electrons. The van der Waals surface area contributed by atoms with Crippen molar-refractivity contribution in [3.05, 3.63) is 36.3 Å². The molecule has 0 aliphatic heterocycles. The molecule has 2 heterocycles. The Morgan fingerprint density at radius 1 is 1.43 bits per heavy atom. The van der Waals surface area contributed by atoms with E-state index in [1.54, 1.807) is 36.4 Å². The molecule has 0 saturated heterocycles.